The summed E-state index contributed by atoms with van der Waals surface area (Å²) in [5, 5.41) is 3.61. The van der Waals surface area contributed by atoms with Gasteiger partial charge in [-0.1, -0.05) is 35.0 Å². The maximum atomic E-state index is 10.4. The van der Waals surface area contributed by atoms with Gasteiger partial charge in [0.05, 0.1) is 0 Å². The molecule has 0 aliphatic rings. The lowest BCUT2D eigenvalue weighted by Crippen LogP contribution is -1.86. The molecular weight excluding hydrogens is 190 g/mol. The topological polar surface area (TPSA) is 43.1 Å². The van der Waals surface area contributed by atoms with E-state index in [1.54, 1.807) is 6.07 Å². The van der Waals surface area contributed by atoms with Crippen molar-refractivity contribution in [1.29, 1.82) is 0 Å². The van der Waals surface area contributed by atoms with Gasteiger partial charge in [0.1, 0.15) is 11.5 Å². The Hall–Kier alpha value is -1.90. The van der Waals surface area contributed by atoms with Crippen molar-refractivity contribution in [2.75, 3.05) is 0 Å². The highest BCUT2D eigenvalue weighted by molar-refractivity contribution is 5.71. The summed E-state index contributed by atoms with van der Waals surface area (Å²) in [6.45, 7) is 2.04. The minimum absolute atomic E-state index is 0.345. The first-order valence-electron chi connectivity index (χ1n) is 4.74. The molecule has 3 nitrogen and oxygen atoms in total. The average molecular weight is 201 g/mol. The number of rotatable bonds is 3. The first kappa shape index (κ1) is 9.65. The highest BCUT2D eigenvalue weighted by Crippen LogP contribution is 2.11. The molecule has 1 heterocycles. The predicted octanol–water partition coefficient (Wildman–Crippen LogP) is 2.39. The Morgan fingerprint density at radius 1 is 1.40 bits per heavy atom. The Morgan fingerprint density at radius 3 is 2.93 bits per heavy atom. The Kier molecular flexibility index (Phi) is 2.63. The fourth-order valence-electron chi connectivity index (χ4n) is 1.49. The molecule has 0 radical (unpaired) electrons. The van der Waals surface area contributed by atoms with Gasteiger partial charge in [-0.05, 0) is 12.5 Å². The molecule has 0 N–H and O–H groups in total. The van der Waals surface area contributed by atoms with Gasteiger partial charge in [0.2, 0.25) is 0 Å². The summed E-state index contributed by atoms with van der Waals surface area (Å²) in [5.41, 5.74) is 2.71. The van der Waals surface area contributed by atoms with Gasteiger partial charge in [-0.25, -0.2) is 0 Å². The minimum atomic E-state index is 0.345. The lowest BCUT2D eigenvalue weighted by molar-refractivity contribution is 0.111. The third-order valence-corrected chi connectivity index (χ3v) is 2.16. The van der Waals surface area contributed by atoms with Crippen LogP contribution in [0.1, 0.15) is 27.4 Å². The van der Waals surface area contributed by atoms with Crippen molar-refractivity contribution < 1.29 is 9.32 Å². The van der Waals surface area contributed by atoms with Crippen LogP contribution < -0.4 is 0 Å². The van der Waals surface area contributed by atoms with Crippen molar-refractivity contribution in [3.05, 3.63) is 52.9 Å². The van der Waals surface area contributed by atoms with Gasteiger partial charge in [-0.2, -0.15) is 0 Å². The van der Waals surface area contributed by atoms with Gasteiger partial charge in [0.15, 0.2) is 6.29 Å². The van der Waals surface area contributed by atoms with Crippen molar-refractivity contribution in [3.63, 3.8) is 0 Å². The number of aryl methyl sites for hydroxylation is 1. The second-order valence-corrected chi connectivity index (χ2v) is 3.50. The van der Waals surface area contributed by atoms with Crippen LogP contribution >= 0.6 is 0 Å². The highest BCUT2D eigenvalue weighted by Gasteiger charge is 2.04. The summed E-state index contributed by atoms with van der Waals surface area (Å²) in [6.07, 6.45) is 1.35. The molecule has 0 unspecified atom stereocenters. The second-order valence-electron chi connectivity index (χ2n) is 3.50. The van der Waals surface area contributed by atoms with E-state index in [-0.39, 0.29) is 0 Å². The van der Waals surface area contributed by atoms with Crippen molar-refractivity contribution in [3.8, 4) is 0 Å². The zero-order valence-corrected chi connectivity index (χ0v) is 8.43. The first-order chi connectivity index (χ1) is 7.28. The summed E-state index contributed by atoms with van der Waals surface area (Å²) in [5.74, 6) is 0.711. The Bertz CT molecular complexity index is 474. The fraction of sp³-hybridized carbons (Fsp3) is 0.167. The molecule has 0 atom stereocenters. The van der Waals surface area contributed by atoms with E-state index in [0.717, 1.165) is 5.56 Å². The summed E-state index contributed by atoms with van der Waals surface area (Å²) in [7, 11) is 0. The molecule has 0 fully saturated rings. The molecular formula is C12H11NO2. The van der Waals surface area contributed by atoms with Crippen LogP contribution in [0.2, 0.25) is 0 Å². The van der Waals surface area contributed by atoms with Crippen LogP contribution in [0.15, 0.2) is 34.9 Å². The Labute approximate surface area is 87.7 Å². The Morgan fingerprint density at radius 2 is 2.27 bits per heavy atom. The van der Waals surface area contributed by atoms with E-state index in [4.69, 9.17) is 4.52 Å². The van der Waals surface area contributed by atoms with Crippen LogP contribution in [0, 0.1) is 6.92 Å². The molecule has 0 aliphatic heterocycles. The minimum Gasteiger partial charge on any atom is -0.360 e. The van der Waals surface area contributed by atoms with Crippen molar-refractivity contribution in [1.82, 2.24) is 5.16 Å². The first-order valence-corrected chi connectivity index (χ1v) is 4.74. The zero-order valence-electron chi connectivity index (χ0n) is 8.43. The molecule has 0 aliphatic carbocycles. The number of aldehydes is 1. The predicted molar refractivity (Wildman–Crippen MR) is 55.9 cm³/mol. The molecule has 2 aromatic rings. The largest absolute Gasteiger partial charge is 0.360 e. The van der Waals surface area contributed by atoms with Crippen molar-refractivity contribution in [2.24, 2.45) is 0 Å². The van der Waals surface area contributed by atoms with Crippen LogP contribution in [0.3, 0.4) is 0 Å². The molecule has 0 saturated carbocycles. The van der Waals surface area contributed by atoms with E-state index in [0.29, 0.717) is 24.2 Å². The van der Waals surface area contributed by atoms with E-state index < -0.39 is 0 Å². The van der Waals surface area contributed by atoms with Crippen molar-refractivity contribution >= 4 is 6.29 Å². The summed E-state index contributed by atoms with van der Waals surface area (Å²) in [6, 6.07) is 9.82. The zero-order chi connectivity index (χ0) is 10.7. The van der Waals surface area contributed by atoms with E-state index >= 15 is 0 Å². The normalized spacial score (nSPS) is 10.2. The lowest BCUT2D eigenvalue weighted by Gasteiger charge is -1.98. The fourth-order valence-corrected chi connectivity index (χ4v) is 1.49. The molecule has 76 valence electrons. The van der Waals surface area contributed by atoms with E-state index in [1.807, 2.05) is 25.1 Å². The average Bonchev–Trinajstić information content (AvgIpc) is 2.65. The number of carbonyl (C=O) groups excluding carboxylic acids is 1. The third-order valence-electron chi connectivity index (χ3n) is 2.16. The number of benzene rings is 1. The Balaban J connectivity index is 2.18. The van der Waals surface area contributed by atoms with Crippen LogP contribution in [0.25, 0.3) is 0 Å². The molecule has 2 rings (SSSR count). The standard InChI is InChI=1S/C12H11NO2/c1-9-3-2-4-10(5-9)6-12-7-11(8-14)13-15-12/h2-5,7-8H,6H2,1H3. The number of hydrogen-bond acceptors (Lipinski definition) is 3. The second kappa shape index (κ2) is 4.09. The van der Waals surface area contributed by atoms with Gasteiger partial charge in [-0.3, -0.25) is 4.79 Å². The number of nitrogens with zero attached hydrogens (tertiary/aromatic N) is 1. The number of hydrogen-bond donors (Lipinski definition) is 0. The summed E-state index contributed by atoms with van der Waals surface area (Å²) >= 11 is 0. The number of carbonyl (C=O) groups is 1. The monoisotopic (exact) mass is 201 g/mol. The quantitative estimate of drug-likeness (QED) is 0.716. The third kappa shape index (κ3) is 2.31. The number of aromatic nitrogens is 1. The summed E-state index contributed by atoms with van der Waals surface area (Å²) in [4.78, 5) is 10.4. The van der Waals surface area contributed by atoms with Crippen LogP contribution in [-0.2, 0) is 6.42 Å². The SMILES string of the molecule is Cc1cccc(Cc2cc(C=O)no2)c1. The maximum Gasteiger partial charge on any atom is 0.171 e. The van der Waals surface area contributed by atoms with Gasteiger partial charge in [0, 0.05) is 12.5 Å². The van der Waals surface area contributed by atoms with Gasteiger partial charge in [-0.15, -0.1) is 0 Å². The van der Waals surface area contributed by atoms with E-state index in [9.17, 15) is 4.79 Å². The smallest absolute Gasteiger partial charge is 0.171 e. The van der Waals surface area contributed by atoms with Crippen LogP contribution in [-0.4, -0.2) is 11.4 Å². The van der Waals surface area contributed by atoms with E-state index in [1.165, 1.54) is 5.56 Å². The summed E-state index contributed by atoms with van der Waals surface area (Å²) < 4.78 is 5.02. The molecule has 0 saturated heterocycles. The molecule has 1 aromatic heterocycles. The van der Waals surface area contributed by atoms with Gasteiger partial charge >= 0.3 is 0 Å². The van der Waals surface area contributed by atoms with Gasteiger partial charge in [0.25, 0.3) is 0 Å². The molecule has 0 bridgehead atoms. The maximum absolute atomic E-state index is 10.4. The van der Waals surface area contributed by atoms with Crippen molar-refractivity contribution in [2.45, 2.75) is 13.3 Å². The molecule has 0 spiro atoms. The molecule has 15 heavy (non-hydrogen) atoms. The highest BCUT2D eigenvalue weighted by atomic mass is 16.5. The van der Waals surface area contributed by atoms with Crippen LogP contribution in [0.5, 0.6) is 0 Å². The molecule has 3 heteroatoms. The van der Waals surface area contributed by atoms with Crippen LogP contribution in [0.4, 0.5) is 0 Å². The molecule has 0 amide bonds. The molecule has 1 aromatic carbocycles. The lowest BCUT2D eigenvalue weighted by atomic mass is 10.1. The van der Waals surface area contributed by atoms with E-state index in [2.05, 4.69) is 11.2 Å². The van der Waals surface area contributed by atoms with Gasteiger partial charge < -0.3 is 4.52 Å².